The summed E-state index contributed by atoms with van der Waals surface area (Å²) in [5, 5.41) is 3.69. The van der Waals surface area contributed by atoms with E-state index in [9.17, 15) is 17.6 Å². The van der Waals surface area contributed by atoms with Crippen LogP contribution >= 0.6 is 11.6 Å². The summed E-state index contributed by atoms with van der Waals surface area (Å²) < 4.78 is 39.5. The molecule has 0 atom stereocenters. The maximum Gasteiger partial charge on any atom is 0.255 e. The summed E-state index contributed by atoms with van der Waals surface area (Å²) in [6.45, 7) is -0.514. The second-order valence-electron chi connectivity index (χ2n) is 4.57. The van der Waals surface area contributed by atoms with E-state index in [1.54, 1.807) is 18.2 Å². The fourth-order valence-corrected chi connectivity index (χ4v) is 2.90. The fraction of sp³-hybridized carbons (Fsp3) is 0.0667. The number of carbonyl (C=O) groups is 1. The van der Waals surface area contributed by atoms with Crippen LogP contribution < -0.4 is 10.1 Å². The number of nitrogens with zero attached hydrogens (tertiary/aromatic N) is 1. The minimum Gasteiger partial charge on any atom is -0.272 e. The minimum atomic E-state index is -3.79. The van der Waals surface area contributed by atoms with Gasteiger partial charge in [-0.1, -0.05) is 35.9 Å². The van der Waals surface area contributed by atoms with E-state index in [4.69, 9.17) is 11.6 Å². The lowest BCUT2D eigenvalue weighted by Crippen LogP contribution is -2.34. The number of benzene rings is 2. The van der Waals surface area contributed by atoms with Crippen LogP contribution in [0.5, 0.6) is 0 Å². The standard InChI is InChI=1S/C15H13ClFN3O3S/c16-13-7-4-8-14(17)12(13)9-18-20-15(21)10-19-24(22,23)11-5-2-1-3-6-11/h1-9,19H,10H2,(H,20,21)/b18-9+. The van der Waals surface area contributed by atoms with Crippen LogP contribution in [0, 0.1) is 5.82 Å². The molecule has 2 aromatic carbocycles. The molecule has 9 heteroatoms. The number of hydrogen-bond donors (Lipinski definition) is 2. The van der Waals surface area contributed by atoms with Gasteiger partial charge in [-0.05, 0) is 24.3 Å². The number of nitrogens with one attached hydrogen (secondary N) is 2. The molecular formula is C15H13ClFN3O3S. The number of amides is 1. The van der Waals surface area contributed by atoms with Gasteiger partial charge in [0.05, 0.1) is 22.7 Å². The van der Waals surface area contributed by atoms with Gasteiger partial charge < -0.3 is 0 Å². The van der Waals surface area contributed by atoms with E-state index < -0.39 is 28.3 Å². The molecule has 24 heavy (non-hydrogen) atoms. The summed E-state index contributed by atoms with van der Waals surface area (Å²) in [7, 11) is -3.79. The van der Waals surface area contributed by atoms with E-state index in [2.05, 4.69) is 15.2 Å². The van der Waals surface area contributed by atoms with E-state index in [0.717, 1.165) is 6.21 Å². The maximum absolute atomic E-state index is 13.5. The molecule has 2 rings (SSSR count). The van der Waals surface area contributed by atoms with Crippen molar-refractivity contribution in [1.29, 1.82) is 0 Å². The lowest BCUT2D eigenvalue weighted by Gasteiger charge is -2.05. The van der Waals surface area contributed by atoms with Crippen LogP contribution in [0.3, 0.4) is 0 Å². The van der Waals surface area contributed by atoms with Crippen molar-refractivity contribution in [2.45, 2.75) is 4.90 Å². The number of carbonyl (C=O) groups excluding carboxylic acids is 1. The molecular weight excluding hydrogens is 357 g/mol. The molecule has 0 aromatic heterocycles. The Balaban J connectivity index is 1.91. The van der Waals surface area contributed by atoms with Gasteiger partial charge >= 0.3 is 0 Å². The van der Waals surface area contributed by atoms with Crippen molar-refractivity contribution in [3.05, 3.63) is 64.9 Å². The van der Waals surface area contributed by atoms with E-state index in [0.29, 0.717) is 0 Å². The monoisotopic (exact) mass is 369 g/mol. The Hall–Kier alpha value is -2.29. The van der Waals surface area contributed by atoms with Crippen molar-refractivity contribution in [3.8, 4) is 0 Å². The highest BCUT2D eigenvalue weighted by atomic mass is 35.5. The molecule has 126 valence electrons. The Bertz CT molecular complexity index is 837. The quantitative estimate of drug-likeness (QED) is 0.602. The number of sulfonamides is 1. The second kappa shape index (κ2) is 8.00. The molecule has 0 saturated carbocycles. The zero-order chi connectivity index (χ0) is 17.6. The van der Waals surface area contributed by atoms with E-state index in [-0.39, 0.29) is 15.5 Å². The van der Waals surface area contributed by atoms with Gasteiger partial charge in [0.1, 0.15) is 5.82 Å². The van der Waals surface area contributed by atoms with Crippen molar-refractivity contribution >= 4 is 33.7 Å². The normalized spacial score (nSPS) is 11.6. The van der Waals surface area contributed by atoms with Crippen LogP contribution in [0.4, 0.5) is 4.39 Å². The topological polar surface area (TPSA) is 87.6 Å². The van der Waals surface area contributed by atoms with Gasteiger partial charge in [-0.3, -0.25) is 4.79 Å². The molecule has 0 aliphatic rings. The Labute approximate surface area is 143 Å². The Morgan fingerprint density at radius 2 is 1.88 bits per heavy atom. The molecule has 0 radical (unpaired) electrons. The van der Waals surface area contributed by atoms with Crippen LogP contribution in [0.2, 0.25) is 5.02 Å². The molecule has 1 amide bonds. The molecule has 0 unspecified atom stereocenters. The molecule has 0 saturated heterocycles. The van der Waals surface area contributed by atoms with E-state index in [1.165, 1.54) is 30.3 Å². The number of hydrazone groups is 1. The first-order valence-electron chi connectivity index (χ1n) is 6.71. The summed E-state index contributed by atoms with van der Waals surface area (Å²) in [6, 6.07) is 11.7. The second-order valence-corrected chi connectivity index (χ2v) is 6.74. The van der Waals surface area contributed by atoms with Gasteiger partial charge in [-0.25, -0.2) is 23.0 Å². The van der Waals surface area contributed by atoms with Crippen LogP contribution in [-0.4, -0.2) is 27.1 Å². The van der Waals surface area contributed by atoms with Gasteiger partial charge in [-0.15, -0.1) is 0 Å². The minimum absolute atomic E-state index is 0.0179. The SMILES string of the molecule is O=C(CNS(=O)(=O)c1ccccc1)N/N=C/c1c(F)cccc1Cl. The van der Waals surface area contributed by atoms with Gasteiger partial charge in [0, 0.05) is 5.56 Å². The highest BCUT2D eigenvalue weighted by Crippen LogP contribution is 2.16. The first kappa shape index (κ1) is 18.1. The van der Waals surface area contributed by atoms with E-state index in [1.807, 2.05) is 0 Å². The third-order valence-corrected chi connectivity index (χ3v) is 4.61. The van der Waals surface area contributed by atoms with Crippen LogP contribution in [0.15, 0.2) is 58.5 Å². The lowest BCUT2D eigenvalue weighted by atomic mass is 10.2. The van der Waals surface area contributed by atoms with Crippen LogP contribution in [-0.2, 0) is 14.8 Å². The van der Waals surface area contributed by atoms with Crippen molar-refractivity contribution in [1.82, 2.24) is 10.1 Å². The summed E-state index contributed by atoms with van der Waals surface area (Å²) in [5.41, 5.74) is 2.11. The Morgan fingerprint density at radius 1 is 1.17 bits per heavy atom. The number of rotatable bonds is 6. The predicted octanol–water partition coefficient (Wildman–Crippen LogP) is 1.91. The lowest BCUT2D eigenvalue weighted by molar-refractivity contribution is -0.119. The van der Waals surface area contributed by atoms with Crippen molar-refractivity contribution in [2.75, 3.05) is 6.54 Å². The molecule has 0 aliphatic carbocycles. The molecule has 0 aliphatic heterocycles. The zero-order valence-electron chi connectivity index (χ0n) is 12.2. The van der Waals surface area contributed by atoms with Gasteiger partial charge in [0.2, 0.25) is 10.0 Å². The third kappa shape index (κ3) is 4.85. The Kier molecular flexibility index (Phi) is 6.02. The van der Waals surface area contributed by atoms with Gasteiger partial charge in [0.25, 0.3) is 5.91 Å². The smallest absolute Gasteiger partial charge is 0.255 e. The molecule has 2 N–H and O–H groups in total. The molecule has 2 aromatic rings. The van der Waals surface area contributed by atoms with Gasteiger partial charge in [0.15, 0.2) is 0 Å². The molecule has 6 nitrogen and oxygen atoms in total. The highest BCUT2D eigenvalue weighted by molar-refractivity contribution is 7.89. The van der Waals surface area contributed by atoms with Crippen molar-refractivity contribution in [3.63, 3.8) is 0 Å². The van der Waals surface area contributed by atoms with Crippen LogP contribution in [0.25, 0.3) is 0 Å². The predicted molar refractivity (Wildman–Crippen MR) is 88.8 cm³/mol. The zero-order valence-corrected chi connectivity index (χ0v) is 13.8. The molecule has 0 fully saturated rings. The molecule has 0 heterocycles. The average molecular weight is 370 g/mol. The summed E-state index contributed by atoms with van der Waals surface area (Å²) in [4.78, 5) is 11.6. The van der Waals surface area contributed by atoms with Gasteiger partial charge in [-0.2, -0.15) is 5.10 Å². The number of hydrogen-bond acceptors (Lipinski definition) is 4. The molecule has 0 spiro atoms. The summed E-state index contributed by atoms with van der Waals surface area (Å²) in [6.07, 6.45) is 1.04. The molecule has 0 bridgehead atoms. The van der Waals surface area contributed by atoms with Crippen molar-refractivity contribution < 1.29 is 17.6 Å². The largest absolute Gasteiger partial charge is 0.272 e. The van der Waals surface area contributed by atoms with Crippen LogP contribution in [0.1, 0.15) is 5.56 Å². The Morgan fingerprint density at radius 3 is 2.54 bits per heavy atom. The van der Waals surface area contributed by atoms with E-state index >= 15 is 0 Å². The highest BCUT2D eigenvalue weighted by Gasteiger charge is 2.14. The average Bonchev–Trinajstić information content (AvgIpc) is 2.56. The third-order valence-electron chi connectivity index (χ3n) is 2.86. The first-order chi connectivity index (χ1) is 11.4. The number of halogens is 2. The summed E-state index contributed by atoms with van der Waals surface area (Å²) >= 11 is 5.80. The maximum atomic E-state index is 13.5. The fourth-order valence-electron chi connectivity index (χ4n) is 1.69. The summed E-state index contributed by atoms with van der Waals surface area (Å²) in [5.74, 6) is -1.30. The van der Waals surface area contributed by atoms with Crippen molar-refractivity contribution in [2.24, 2.45) is 5.10 Å². The first-order valence-corrected chi connectivity index (χ1v) is 8.57.